The molecule has 1 aliphatic heterocycles. The van der Waals surface area contributed by atoms with E-state index in [1.54, 1.807) is 18.2 Å². The molecule has 146 valence electrons. The molecular formula is C19H25N3O4S. The molecule has 1 aliphatic rings. The lowest BCUT2D eigenvalue weighted by Gasteiger charge is -2.24. The highest BCUT2D eigenvalue weighted by Gasteiger charge is 2.39. The zero-order valence-electron chi connectivity index (χ0n) is 15.9. The number of rotatable bonds is 6. The molecule has 0 radical (unpaired) electrons. The van der Waals surface area contributed by atoms with Gasteiger partial charge in [0.15, 0.2) is 0 Å². The van der Waals surface area contributed by atoms with Crippen LogP contribution in [0.2, 0.25) is 0 Å². The van der Waals surface area contributed by atoms with Gasteiger partial charge in [-0.15, -0.1) is 0 Å². The van der Waals surface area contributed by atoms with Gasteiger partial charge in [-0.25, -0.2) is 8.42 Å². The maximum absolute atomic E-state index is 13.4. The van der Waals surface area contributed by atoms with Gasteiger partial charge in [-0.05, 0) is 43.9 Å². The zero-order valence-corrected chi connectivity index (χ0v) is 16.7. The van der Waals surface area contributed by atoms with Crippen molar-refractivity contribution in [3.8, 4) is 0 Å². The predicted octanol–water partition coefficient (Wildman–Crippen LogP) is 3.42. The van der Waals surface area contributed by atoms with Crippen molar-refractivity contribution in [3.05, 3.63) is 41.3 Å². The van der Waals surface area contributed by atoms with E-state index >= 15 is 0 Å². The lowest BCUT2D eigenvalue weighted by molar-refractivity contribution is -0.114. The number of sulfonamides is 1. The van der Waals surface area contributed by atoms with Gasteiger partial charge >= 0.3 is 0 Å². The van der Waals surface area contributed by atoms with E-state index in [2.05, 4.69) is 17.4 Å². The highest BCUT2D eigenvalue weighted by atomic mass is 32.2. The lowest BCUT2D eigenvalue weighted by atomic mass is 10.1. The molecular weight excluding hydrogens is 366 g/mol. The first kappa shape index (κ1) is 19.6. The molecule has 7 nitrogen and oxygen atoms in total. The summed E-state index contributed by atoms with van der Waals surface area (Å²) < 4.78 is 33.7. The highest BCUT2D eigenvalue weighted by Crippen LogP contribution is 2.38. The largest absolute Gasteiger partial charge is 0.361 e. The second-order valence-electron chi connectivity index (χ2n) is 6.92. The van der Waals surface area contributed by atoms with Crippen LogP contribution in [0.1, 0.15) is 56.2 Å². The van der Waals surface area contributed by atoms with Crippen LogP contribution in [0.15, 0.2) is 33.7 Å². The first-order valence-electron chi connectivity index (χ1n) is 9.18. The first-order valence-corrected chi connectivity index (χ1v) is 10.6. The van der Waals surface area contributed by atoms with Crippen LogP contribution in [0.25, 0.3) is 0 Å². The van der Waals surface area contributed by atoms with E-state index in [0.29, 0.717) is 24.3 Å². The predicted molar refractivity (Wildman–Crippen MR) is 102 cm³/mol. The van der Waals surface area contributed by atoms with Gasteiger partial charge in [-0.2, -0.15) is 4.31 Å². The van der Waals surface area contributed by atoms with E-state index in [1.165, 1.54) is 11.2 Å². The summed E-state index contributed by atoms with van der Waals surface area (Å²) in [5.74, 6) is 0.459. The number of amides is 1. The van der Waals surface area contributed by atoms with Gasteiger partial charge < -0.3 is 9.84 Å². The maximum atomic E-state index is 13.4. The van der Waals surface area contributed by atoms with Crippen LogP contribution in [-0.4, -0.2) is 30.3 Å². The third kappa shape index (κ3) is 4.06. The summed E-state index contributed by atoms with van der Waals surface area (Å²) in [5.41, 5.74) is 1.75. The van der Waals surface area contributed by atoms with E-state index in [-0.39, 0.29) is 16.8 Å². The van der Waals surface area contributed by atoms with Crippen molar-refractivity contribution in [2.75, 3.05) is 11.9 Å². The number of aromatic nitrogens is 1. The van der Waals surface area contributed by atoms with Crippen LogP contribution in [0.4, 0.5) is 5.69 Å². The van der Waals surface area contributed by atoms with Crippen molar-refractivity contribution < 1.29 is 17.7 Å². The van der Waals surface area contributed by atoms with Gasteiger partial charge in [-0.3, -0.25) is 4.79 Å². The molecule has 1 saturated heterocycles. The van der Waals surface area contributed by atoms with Crippen molar-refractivity contribution in [1.82, 2.24) is 9.46 Å². The fourth-order valence-electron chi connectivity index (χ4n) is 3.44. The summed E-state index contributed by atoms with van der Waals surface area (Å²) in [6.45, 7) is 5.65. The molecule has 0 saturated carbocycles. The Morgan fingerprint density at radius 1 is 1.37 bits per heavy atom. The summed E-state index contributed by atoms with van der Waals surface area (Å²) >= 11 is 0. The van der Waals surface area contributed by atoms with Gasteiger partial charge in [-0.1, -0.05) is 18.1 Å². The second-order valence-corrected chi connectivity index (χ2v) is 8.78. The molecule has 1 aromatic heterocycles. The number of aryl methyl sites for hydroxylation is 2. The van der Waals surface area contributed by atoms with Gasteiger partial charge in [0.1, 0.15) is 16.3 Å². The Morgan fingerprint density at radius 3 is 2.85 bits per heavy atom. The quantitative estimate of drug-likeness (QED) is 0.814. The molecule has 8 heteroatoms. The van der Waals surface area contributed by atoms with Gasteiger partial charge in [0.25, 0.3) is 0 Å². The number of hydrogen-bond acceptors (Lipinski definition) is 5. The van der Waals surface area contributed by atoms with Crippen LogP contribution in [-0.2, 0) is 21.2 Å². The maximum Gasteiger partial charge on any atom is 0.245 e. The molecule has 1 N–H and O–H groups in total. The van der Waals surface area contributed by atoms with Crippen LogP contribution in [0, 0.1) is 6.92 Å². The molecule has 3 rings (SSSR count). The second kappa shape index (κ2) is 7.82. The molecule has 0 bridgehead atoms. The summed E-state index contributed by atoms with van der Waals surface area (Å²) in [6.07, 6.45) is 3.15. The van der Waals surface area contributed by atoms with E-state index in [4.69, 9.17) is 4.52 Å². The highest BCUT2D eigenvalue weighted by molar-refractivity contribution is 7.89. The number of nitrogens with one attached hydrogen (secondary N) is 1. The Hall–Kier alpha value is -2.19. The fraction of sp³-hybridized carbons (Fsp3) is 0.474. The third-order valence-electron chi connectivity index (χ3n) is 4.65. The minimum Gasteiger partial charge on any atom is -0.361 e. The Morgan fingerprint density at radius 2 is 2.15 bits per heavy atom. The number of nitrogens with zero attached hydrogens (tertiary/aromatic N) is 2. The van der Waals surface area contributed by atoms with Crippen molar-refractivity contribution in [3.63, 3.8) is 0 Å². The van der Waals surface area contributed by atoms with Gasteiger partial charge in [0.2, 0.25) is 15.9 Å². The molecule has 2 heterocycles. The van der Waals surface area contributed by atoms with E-state index in [9.17, 15) is 13.2 Å². The SMILES string of the molecule is CCCc1cc([C@H]2CCCN2S(=O)(=O)c2cc(C)ccc2NC(C)=O)no1. The molecule has 27 heavy (non-hydrogen) atoms. The van der Waals surface area contributed by atoms with Crippen molar-refractivity contribution in [2.24, 2.45) is 0 Å². The van der Waals surface area contributed by atoms with E-state index in [1.807, 2.05) is 13.0 Å². The summed E-state index contributed by atoms with van der Waals surface area (Å²) in [5, 5.41) is 6.74. The Balaban J connectivity index is 1.98. The van der Waals surface area contributed by atoms with Crippen LogP contribution in [0.3, 0.4) is 0 Å². The topological polar surface area (TPSA) is 92.5 Å². The Kier molecular flexibility index (Phi) is 5.67. The van der Waals surface area contributed by atoms with Crippen molar-refractivity contribution in [1.29, 1.82) is 0 Å². The van der Waals surface area contributed by atoms with Crippen molar-refractivity contribution >= 4 is 21.6 Å². The number of carbonyl (C=O) groups is 1. The average Bonchev–Trinajstić information content (AvgIpc) is 3.25. The molecule has 1 fully saturated rings. The molecule has 2 aromatic rings. The molecule has 0 unspecified atom stereocenters. The minimum absolute atomic E-state index is 0.113. The molecule has 1 atom stereocenters. The van der Waals surface area contributed by atoms with E-state index < -0.39 is 10.0 Å². The number of anilines is 1. The summed E-state index contributed by atoms with van der Waals surface area (Å²) in [7, 11) is -3.80. The molecule has 1 aromatic carbocycles. The zero-order chi connectivity index (χ0) is 19.6. The van der Waals surface area contributed by atoms with Crippen LogP contribution < -0.4 is 5.32 Å². The molecule has 0 spiro atoms. The third-order valence-corrected chi connectivity index (χ3v) is 6.60. The Bertz CT molecular complexity index is 936. The summed E-state index contributed by atoms with van der Waals surface area (Å²) in [6, 6.07) is 6.51. The number of benzene rings is 1. The standard InChI is InChI=1S/C19H25N3O4S/c1-4-6-15-12-17(21-26-15)18-7-5-10-22(18)27(24,25)19-11-13(2)8-9-16(19)20-14(3)23/h8-9,11-12,18H,4-7,10H2,1-3H3,(H,20,23)/t18-/m1/s1. The van der Waals surface area contributed by atoms with Gasteiger partial charge in [0.05, 0.1) is 11.7 Å². The molecule has 0 aliphatic carbocycles. The van der Waals surface area contributed by atoms with E-state index in [0.717, 1.165) is 30.6 Å². The van der Waals surface area contributed by atoms with Crippen molar-refractivity contribution in [2.45, 2.75) is 57.4 Å². The minimum atomic E-state index is -3.80. The van der Waals surface area contributed by atoms with Gasteiger partial charge in [0, 0.05) is 26.0 Å². The Labute approximate surface area is 159 Å². The fourth-order valence-corrected chi connectivity index (χ4v) is 5.34. The average molecular weight is 391 g/mol. The van der Waals surface area contributed by atoms with Crippen LogP contribution >= 0.6 is 0 Å². The monoisotopic (exact) mass is 391 g/mol. The van der Waals surface area contributed by atoms with Crippen LogP contribution in [0.5, 0.6) is 0 Å². The number of hydrogen-bond donors (Lipinski definition) is 1. The summed E-state index contributed by atoms with van der Waals surface area (Å²) in [4.78, 5) is 11.6. The lowest BCUT2D eigenvalue weighted by Crippen LogP contribution is -2.31. The normalized spacial score (nSPS) is 18.0. The smallest absolute Gasteiger partial charge is 0.245 e. The molecule has 1 amide bonds. The number of carbonyl (C=O) groups excluding carboxylic acids is 1. The first-order chi connectivity index (χ1) is 12.8.